The molecule has 1 aromatic heterocycles. The highest BCUT2D eigenvalue weighted by Gasteiger charge is 2.49. The first-order valence-corrected chi connectivity index (χ1v) is 18.0. The molecule has 0 fully saturated rings. The van der Waals surface area contributed by atoms with E-state index in [1.165, 1.54) is 38.7 Å². The summed E-state index contributed by atoms with van der Waals surface area (Å²) in [4.78, 5) is 2.38. The van der Waals surface area contributed by atoms with E-state index in [4.69, 9.17) is 4.74 Å². The Balaban J connectivity index is 1.12. The smallest absolute Gasteiger partial charge is 0.152 e. The van der Waals surface area contributed by atoms with Crippen LogP contribution in [-0.2, 0) is 5.41 Å². The van der Waals surface area contributed by atoms with Crippen LogP contribution < -0.4 is 9.64 Å². The quantitative estimate of drug-likeness (QED) is 0.175. The molecule has 7 aromatic carbocycles. The SMILES string of the molecule is CC12C=CC=C(N(c3ccc(-c4ccccc4)cc3)c3ccc(-c4ccccc4)cc3)C1Oc1c2ccc2c1c1ccccc1n2-c1ccccc1. The number of ether oxygens (including phenoxy) is 1. The zero-order valence-electron chi connectivity index (χ0n) is 28.9. The first kappa shape index (κ1) is 30.3. The fourth-order valence-corrected chi connectivity index (χ4v) is 8.30. The van der Waals surface area contributed by atoms with E-state index in [0.717, 1.165) is 39.4 Å². The van der Waals surface area contributed by atoms with E-state index in [1.807, 2.05) is 0 Å². The minimum absolute atomic E-state index is 0.250. The van der Waals surface area contributed by atoms with Crippen molar-refractivity contribution in [1.82, 2.24) is 4.57 Å². The lowest BCUT2D eigenvalue weighted by Crippen LogP contribution is -2.41. The third-order valence-electron chi connectivity index (χ3n) is 10.9. The molecule has 0 saturated heterocycles. The Bertz CT molecular complexity index is 2550. The van der Waals surface area contributed by atoms with E-state index in [2.05, 4.69) is 211 Å². The standard InChI is InChI=1S/C49H36N2O/c1-49-33-13-22-45(48(49)52-47-42(49)31-32-44-46(47)41-20-11-12-21-43(41)51(44)38-18-9-4-10-19-38)50(39-27-23-36(24-28-39)34-14-5-2-6-15-34)40-29-25-37(26-30-40)35-16-7-3-8-17-35/h2-33,48H,1H3. The van der Waals surface area contributed by atoms with Crippen molar-refractivity contribution in [2.45, 2.75) is 18.4 Å². The molecule has 0 spiro atoms. The van der Waals surface area contributed by atoms with Gasteiger partial charge in [0, 0.05) is 28.0 Å². The Morgan fingerprint density at radius 2 is 1.08 bits per heavy atom. The third kappa shape index (κ3) is 4.74. The van der Waals surface area contributed by atoms with Crippen LogP contribution in [0.1, 0.15) is 12.5 Å². The molecule has 1 aliphatic carbocycles. The number of anilines is 2. The number of aromatic nitrogens is 1. The Kier molecular flexibility index (Phi) is 7.00. The molecule has 2 aliphatic rings. The molecule has 10 rings (SSSR count). The zero-order chi connectivity index (χ0) is 34.6. The van der Waals surface area contributed by atoms with Gasteiger partial charge in [-0.2, -0.15) is 0 Å². The van der Waals surface area contributed by atoms with Crippen LogP contribution >= 0.6 is 0 Å². The lowest BCUT2D eigenvalue weighted by atomic mass is 9.74. The van der Waals surface area contributed by atoms with Gasteiger partial charge in [0.15, 0.2) is 6.10 Å². The average Bonchev–Trinajstić information content (AvgIpc) is 3.72. The molecule has 3 nitrogen and oxygen atoms in total. The van der Waals surface area contributed by atoms with Crippen LogP contribution in [0.15, 0.2) is 200 Å². The van der Waals surface area contributed by atoms with Crippen molar-refractivity contribution in [1.29, 1.82) is 0 Å². The lowest BCUT2D eigenvalue weighted by molar-refractivity contribution is 0.215. The summed E-state index contributed by atoms with van der Waals surface area (Å²) in [6.07, 6.45) is 6.52. The molecular formula is C49H36N2O. The highest BCUT2D eigenvalue weighted by Crippen LogP contribution is 2.54. The average molecular weight is 669 g/mol. The summed E-state index contributed by atoms with van der Waals surface area (Å²) < 4.78 is 9.69. The molecule has 0 bridgehead atoms. The number of hydrogen-bond donors (Lipinski definition) is 0. The maximum Gasteiger partial charge on any atom is 0.152 e. The molecule has 8 aromatic rings. The van der Waals surface area contributed by atoms with Gasteiger partial charge >= 0.3 is 0 Å². The van der Waals surface area contributed by atoms with Gasteiger partial charge in [-0.15, -0.1) is 0 Å². The molecular weight excluding hydrogens is 633 g/mol. The maximum absolute atomic E-state index is 7.33. The predicted octanol–water partition coefficient (Wildman–Crippen LogP) is 12.4. The highest BCUT2D eigenvalue weighted by atomic mass is 16.5. The fourth-order valence-electron chi connectivity index (χ4n) is 8.30. The number of benzene rings is 7. The Labute approximate surface area is 304 Å². The topological polar surface area (TPSA) is 17.4 Å². The van der Waals surface area contributed by atoms with Crippen LogP contribution in [0.4, 0.5) is 11.4 Å². The van der Waals surface area contributed by atoms with E-state index in [-0.39, 0.29) is 11.5 Å². The van der Waals surface area contributed by atoms with Crippen LogP contribution in [0, 0.1) is 0 Å². The van der Waals surface area contributed by atoms with Gasteiger partial charge in [0.05, 0.1) is 27.5 Å². The molecule has 52 heavy (non-hydrogen) atoms. The van der Waals surface area contributed by atoms with Crippen LogP contribution in [0.2, 0.25) is 0 Å². The number of nitrogens with zero attached hydrogens (tertiary/aromatic N) is 2. The monoisotopic (exact) mass is 668 g/mol. The molecule has 2 atom stereocenters. The van der Waals surface area contributed by atoms with Crippen molar-refractivity contribution in [2.75, 3.05) is 4.90 Å². The summed E-state index contributed by atoms with van der Waals surface area (Å²) in [5.74, 6) is 0.965. The van der Waals surface area contributed by atoms with Gasteiger partial charge in [0.25, 0.3) is 0 Å². The van der Waals surface area contributed by atoms with Gasteiger partial charge in [-0.05, 0) is 83.8 Å². The van der Waals surface area contributed by atoms with Crippen LogP contribution in [0.25, 0.3) is 49.7 Å². The molecule has 0 amide bonds. The molecule has 2 unspecified atom stereocenters. The van der Waals surface area contributed by atoms with Crippen molar-refractivity contribution < 1.29 is 4.74 Å². The van der Waals surface area contributed by atoms with Crippen LogP contribution in [0.3, 0.4) is 0 Å². The van der Waals surface area contributed by atoms with Crippen molar-refractivity contribution >= 4 is 33.2 Å². The fraction of sp³-hybridized carbons (Fsp3) is 0.0612. The predicted molar refractivity (Wildman–Crippen MR) is 216 cm³/mol. The largest absolute Gasteiger partial charge is 0.482 e. The van der Waals surface area contributed by atoms with Crippen molar-refractivity contribution in [3.8, 4) is 33.7 Å². The van der Waals surface area contributed by atoms with Gasteiger partial charge in [-0.25, -0.2) is 0 Å². The molecule has 3 heteroatoms. The van der Waals surface area contributed by atoms with Gasteiger partial charge < -0.3 is 14.2 Å². The number of para-hydroxylation sites is 2. The van der Waals surface area contributed by atoms with E-state index in [0.29, 0.717) is 0 Å². The minimum atomic E-state index is -0.379. The minimum Gasteiger partial charge on any atom is -0.482 e. The van der Waals surface area contributed by atoms with Crippen LogP contribution in [-0.4, -0.2) is 10.7 Å². The first-order chi connectivity index (χ1) is 25.7. The highest BCUT2D eigenvalue weighted by molar-refractivity contribution is 6.13. The molecule has 2 heterocycles. The normalized spacial score (nSPS) is 17.4. The summed E-state index contributed by atoms with van der Waals surface area (Å²) >= 11 is 0. The van der Waals surface area contributed by atoms with E-state index >= 15 is 0 Å². The Morgan fingerprint density at radius 3 is 1.69 bits per heavy atom. The molecule has 0 saturated carbocycles. The van der Waals surface area contributed by atoms with E-state index in [1.54, 1.807) is 0 Å². The second-order valence-corrected chi connectivity index (χ2v) is 13.9. The first-order valence-electron chi connectivity index (χ1n) is 18.0. The number of allylic oxidation sites excluding steroid dienone is 2. The third-order valence-corrected chi connectivity index (χ3v) is 10.9. The van der Waals surface area contributed by atoms with Gasteiger partial charge in [-0.3, -0.25) is 0 Å². The molecule has 248 valence electrons. The summed E-state index contributed by atoms with van der Waals surface area (Å²) in [6, 6.07) is 62.8. The molecule has 0 N–H and O–H groups in total. The van der Waals surface area contributed by atoms with E-state index in [9.17, 15) is 0 Å². The van der Waals surface area contributed by atoms with Gasteiger partial charge in [-0.1, -0.05) is 140 Å². The Morgan fingerprint density at radius 1 is 0.538 bits per heavy atom. The summed E-state index contributed by atoms with van der Waals surface area (Å²) in [7, 11) is 0. The zero-order valence-corrected chi connectivity index (χ0v) is 28.9. The van der Waals surface area contributed by atoms with Crippen molar-refractivity contribution in [3.63, 3.8) is 0 Å². The van der Waals surface area contributed by atoms with Crippen LogP contribution in [0.5, 0.6) is 5.75 Å². The Hall–Kier alpha value is -6.58. The number of hydrogen-bond acceptors (Lipinski definition) is 2. The van der Waals surface area contributed by atoms with E-state index < -0.39 is 0 Å². The van der Waals surface area contributed by atoms with Gasteiger partial charge in [0.1, 0.15) is 5.75 Å². The molecule has 1 aliphatic heterocycles. The number of rotatable bonds is 6. The lowest BCUT2D eigenvalue weighted by Gasteiger charge is -2.38. The van der Waals surface area contributed by atoms with Crippen molar-refractivity contribution in [2.24, 2.45) is 0 Å². The number of fused-ring (bicyclic) bond motifs is 7. The van der Waals surface area contributed by atoms with Crippen molar-refractivity contribution in [3.05, 3.63) is 205 Å². The van der Waals surface area contributed by atoms with Gasteiger partial charge in [0.2, 0.25) is 0 Å². The summed E-state index contributed by atoms with van der Waals surface area (Å²) in [5, 5.41) is 2.35. The molecule has 0 radical (unpaired) electrons. The second kappa shape index (κ2) is 12.0. The maximum atomic E-state index is 7.33. The summed E-state index contributed by atoms with van der Waals surface area (Å²) in [6.45, 7) is 2.32. The second-order valence-electron chi connectivity index (χ2n) is 13.9. The summed E-state index contributed by atoms with van der Waals surface area (Å²) in [5.41, 5.74) is 12.3.